The van der Waals surface area contributed by atoms with Gasteiger partial charge in [0.25, 0.3) is 0 Å². The Morgan fingerprint density at radius 2 is 1.71 bits per heavy atom. The molecular weight excluding hydrogens is 452 g/mol. The fraction of sp³-hybridized carbons (Fsp3) is 0.320. The molecule has 0 spiro atoms. The number of hydrogen-bond acceptors (Lipinski definition) is 7. The minimum atomic E-state index is -1.06. The zero-order valence-electron chi connectivity index (χ0n) is 19.7. The molecule has 3 amide bonds. The normalized spacial score (nSPS) is 12.1. The van der Waals surface area contributed by atoms with Crippen LogP contribution in [-0.4, -0.2) is 54.0 Å². The summed E-state index contributed by atoms with van der Waals surface area (Å²) < 4.78 is 5.11. The molecule has 35 heavy (non-hydrogen) atoms. The summed E-state index contributed by atoms with van der Waals surface area (Å²) in [5, 5.41) is 24.7. The summed E-state index contributed by atoms with van der Waals surface area (Å²) in [5.41, 5.74) is 1.41. The highest BCUT2D eigenvalue weighted by Gasteiger charge is 2.27. The van der Waals surface area contributed by atoms with Crippen molar-refractivity contribution in [3.63, 3.8) is 0 Å². The number of carbonyl (C=O) groups excluding carboxylic acids is 4. The van der Waals surface area contributed by atoms with Crippen LogP contribution in [0.5, 0.6) is 11.5 Å². The number of ketones is 1. The maximum absolute atomic E-state index is 13.0. The standard InChI is InChI=1S/C25H30N4O6/c1-16(30)28-23(13-18-4-3-5-19(31)12-18)25(34)29-22(11-8-20(32)14-26)24(33)27-15-17-6-9-21(35-2)10-7-17/h3-7,9-10,12,14,22-23,26,31H,8,11,13,15H2,1-2H3,(H,27,33)(H,28,30)(H,29,34)/t22-,23-/m0/s1. The molecule has 2 rings (SSSR count). The number of carbonyl (C=O) groups is 4. The molecular formula is C25H30N4O6. The van der Waals surface area contributed by atoms with Gasteiger partial charge in [-0.05, 0) is 41.8 Å². The fourth-order valence-corrected chi connectivity index (χ4v) is 3.33. The Hall–Kier alpha value is -4.21. The lowest BCUT2D eigenvalue weighted by Crippen LogP contribution is -2.54. The topological polar surface area (TPSA) is 158 Å². The van der Waals surface area contributed by atoms with Crippen LogP contribution in [0.15, 0.2) is 48.5 Å². The van der Waals surface area contributed by atoms with Crippen LogP contribution in [0.2, 0.25) is 0 Å². The zero-order valence-corrected chi connectivity index (χ0v) is 19.7. The predicted molar refractivity (Wildman–Crippen MR) is 129 cm³/mol. The van der Waals surface area contributed by atoms with E-state index in [0.29, 0.717) is 17.5 Å². The lowest BCUT2D eigenvalue weighted by Gasteiger charge is -2.23. The first-order chi connectivity index (χ1) is 16.7. The van der Waals surface area contributed by atoms with E-state index in [0.717, 1.165) is 5.56 Å². The number of aromatic hydroxyl groups is 1. The van der Waals surface area contributed by atoms with Crippen LogP contribution in [0.3, 0.4) is 0 Å². The predicted octanol–water partition coefficient (Wildman–Crippen LogP) is 1.25. The second-order valence-corrected chi connectivity index (χ2v) is 7.90. The van der Waals surface area contributed by atoms with Crippen LogP contribution in [-0.2, 0) is 32.1 Å². The van der Waals surface area contributed by atoms with Crippen molar-refractivity contribution in [2.24, 2.45) is 0 Å². The van der Waals surface area contributed by atoms with Gasteiger partial charge < -0.3 is 31.2 Å². The van der Waals surface area contributed by atoms with Gasteiger partial charge in [-0.3, -0.25) is 19.2 Å². The van der Waals surface area contributed by atoms with Gasteiger partial charge in [-0.2, -0.15) is 0 Å². The molecule has 0 saturated heterocycles. The van der Waals surface area contributed by atoms with Crippen LogP contribution in [0.1, 0.15) is 30.9 Å². The van der Waals surface area contributed by atoms with Crippen molar-refractivity contribution in [2.45, 2.75) is 44.8 Å². The molecule has 0 aliphatic carbocycles. The number of benzene rings is 2. The molecule has 10 heteroatoms. The van der Waals surface area contributed by atoms with E-state index in [1.165, 1.54) is 19.1 Å². The van der Waals surface area contributed by atoms with Crippen molar-refractivity contribution in [3.8, 4) is 11.5 Å². The molecule has 0 aliphatic rings. The Morgan fingerprint density at radius 3 is 2.31 bits per heavy atom. The van der Waals surface area contributed by atoms with Crippen LogP contribution in [0.4, 0.5) is 0 Å². The number of methoxy groups -OCH3 is 1. The molecule has 0 fully saturated rings. The van der Waals surface area contributed by atoms with Gasteiger partial charge in [0.2, 0.25) is 17.7 Å². The summed E-state index contributed by atoms with van der Waals surface area (Å²) in [5.74, 6) is -1.35. The molecule has 0 heterocycles. The van der Waals surface area contributed by atoms with E-state index in [-0.39, 0.29) is 31.6 Å². The molecule has 5 N–H and O–H groups in total. The van der Waals surface area contributed by atoms with E-state index < -0.39 is 35.6 Å². The number of nitrogens with one attached hydrogen (secondary N) is 4. The molecule has 0 unspecified atom stereocenters. The third-order valence-electron chi connectivity index (χ3n) is 5.14. The molecule has 186 valence electrons. The molecule has 10 nitrogen and oxygen atoms in total. The Labute approximate surface area is 203 Å². The minimum Gasteiger partial charge on any atom is -0.508 e. The maximum Gasteiger partial charge on any atom is 0.243 e. The fourth-order valence-electron chi connectivity index (χ4n) is 3.33. The molecule has 0 saturated carbocycles. The van der Waals surface area contributed by atoms with Crippen LogP contribution in [0.25, 0.3) is 0 Å². The number of ether oxygens (including phenoxy) is 1. The van der Waals surface area contributed by atoms with Gasteiger partial charge in [-0.15, -0.1) is 0 Å². The van der Waals surface area contributed by atoms with Crippen molar-refractivity contribution >= 4 is 29.7 Å². The van der Waals surface area contributed by atoms with Gasteiger partial charge >= 0.3 is 0 Å². The summed E-state index contributed by atoms with van der Waals surface area (Å²) in [4.78, 5) is 49.2. The molecule has 2 aromatic rings. The van der Waals surface area contributed by atoms with Gasteiger partial charge in [-0.25, -0.2) is 0 Å². The van der Waals surface area contributed by atoms with Gasteiger partial charge in [-0.1, -0.05) is 24.3 Å². The quantitative estimate of drug-likeness (QED) is 0.270. The first-order valence-electron chi connectivity index (χ1n) is 11.0. The average molecular weight is 483 g/mol. The summed E-state index contributed by atoms with van der Waals surface area (Å²) in [6.45, 7) is 1.46. The third kappa shape index (κ3) is 9.28. The van der Waals surface area contributed by atoms with E-state index in [4.69, 9.17) is 10.1 Å². The molecule has 0 radical (unpaired) electrons. The van der Waals surface area contributed by atoms with Gasteiger partial charge in [0.05, 0.1) is 13.3 Å². The van der Waals surface area contributed by atoms with Crippen molar-refractivity contribution in [3.05, 3.63) is 59.7 Å². The maximum atomic E-state index is 13.0. The Kier molecular flexibility index (Phi) is 10.4. The number of rotatable bonds is 13. The lowest BCUT2D eigenvalue weighted by atomic mass is 10.0. The minimum absolute atomic E-state index is 0.0189. The van der Waals surface area contributed by atoms with Gasteiger partial charge in [0.1, 0.15) is 23.6 Å². The second-order valence-electron chi connectivity index (χ2n) is 7.90. The van der Waals surface area contributed by atoms with E-state index in [1.54, 1.807) is 43.5 Å². The molecule has 0 bridgehead atoms. The summed E-state index contributed by atoms with van der Waals surface area (Å²) in [6, 6.07) is 11.3. The molecule has 0 aromatic heterocycles. The summed E-state index contributed by atoms with van der Waals surface area (Å²) in [7, 11) is 1.55. The van der Waals surface area contributed by atoms with Gasteiger partial charge in [0, 0.05) is 26.3 Å². The third-order valence-corrected chi connectivity index (χ3v) is 5.14. The zero-order chi connectivity index (χ0) is 25.8. The van der Waals surface area contributed by atoms with Crippen LogP contribution >= 0.6 is 0 Å². The summed E-state index contributed by atoms with van der Waals surface area (Å²) >= 11 is 0. The number of Topliss-reactive ketones (excluding diaryl/α,β-unsaturated/α-hetero) is 1. The number of phenols is 1. The average Bonchev–Trinajstić information content (AvgIpc) is 2.84. The second kappa shape index (κ2) is 13.5. The first kappa shape index (κ1) is 27.0. The largest absolute Gasteiger partial charge is 0.508 e. The SMILES string of the molecule is COc1ccc(CNC(=O)[C@H](CCC(=O)C=N)NC(=O)[C@H](Cc2cccc(O)c2)NC(C)=O)cc1. The van der Waals surface area contributed by atoms with Crippen molar-refractivity contribution < 1.29 is 29.0 Å². The van der Waals surface area contributed by atoms with Crippen LogP contribution in [0, 0.1) is 5.41 Å². The molecule has 2 atom stereocenters. The lowest BCUT2D eigenvalue weighted by molar-refractivity contribution is -0.132. The highest BCUT2D eigenvalue weighted by atomic mass is 16.5. The van der Waals surface area contributed by atoms with Crippen LogP contribution < -0.4 is 20.7 Å². The van der Waals surface area contributed by atoms with E-state index in [2.05, 4.69) is 16.0 Å². The highest BCUT2D eigenvalue weighted by molar-refractivity contribution is 6.26. The van der Waals surface area contributed by atoms with E-state index >= 15 is 0 Å². The van der Waals surface area contributed by atoms with Crippen molar-refractivity contribution in [2.75, 3.05) is 7.11 Å². The van der Waals surface area contributed by atoms with Crippen molar-refractivity contribution in [1.29, 1.82) is 5.41 Å². The summed E-state index contributed by atoms with van der Waals surface area (Å²) in [6.07, 6.45) is 0.616. The smallest absolute Gasteiger partial charge is 0.243 e. The number of amides is 3. The van der Waals surface area contributed by atoms with E-state index in [1.807, 2.05) is 0 Å². The van der Waals surface area contributed by atoms with E-state index in [9.17, 15) is 24.3 Å². The number of phenolic OH excluding ortho intramolecular Hbond substituents is 1. The van der Waals surface area contributed by atoms with Gasteiger partial charge in [0.15, 0.2) is 5.78 Å². The highest BCUT2D eigenvalue weighted by Crippen LogP contribution is 2.14. The molecule has 0 aliphatic heterocycles. The Balaban J connectivity index is 2.12. The molecule has 2 aromatic carbocycles. The Morgan fingerprint density at radius 1 is 1.00 bits per heavy atom. The Bertz CT molecular complexity index is 1050. The monoisotopic (exact) mass is 482 g/mol. The number of hydrogen-bond donors (Lipinski definition) is 5. The van der Waals surface area contributed by atoms with Crippen molar-refractivity contribution in [1.82, 2.24) is 16.0 Å². The first-order valence-corrected chi connectivity index (χ1v) is 11.0.